The summed E-state index contributed by atoms with van der Waals surface area (Å²) >= 11 is 5.93. The molecular weight excluding hydrogens is 312 g/mol. The fourth-order valence-electron chi connectivity index (χ4n) is 2.04. The lowest BCUT2D eigenvalue weighted by atomic mass is 10.1. The van der Waals surface area contributed by atoms with Crippen LogP contribution in [0.3, 0.4) is 0 Å². The number of ether oxygens (including phenoxy) is 1. The molecule has 0 saturated carbocycles. The molecule has 4 amide bonds. The average Bonchev–Trinajstić information content (AvgIpc) is 2.70. The Hall–Kier alpha value is -2.41. The third kappa shape index (κ3) is 2.67. The van der Waals surface area contributed by atoms with Gasteiger partial charge in [0.15, 0.2) is 5.78 Å². The van der Waals surface area contributed by atoms with Crippen LogP contribution in [-0.2, 0) is 9.59 Å². The number of nitrogens with zero attached hydrogens (tertiary/aromatic N) is 2. The summed E-state index contributed by atoms with van der Waals surface area (Å²) in [5, 5.41) is 0.235. The molecule has 0 bridgehead atoms. The summed E-state index contributed by atoms with van der Waals surface area (Å²) in [6.45, 7) is 1.13. The van der Waals surface area contributed by atoms with E-state index >= 15 is 0 Å². The summed E-state index contributed by atoms with van der Waals surface area (Å²) in [4.78, 5) is 48.8. The molecule has 1 fully saturated rings. The van der Waals surface area contributed by atoms with Gasteiger partial charge in [-0.1, -0.05) is 11.6 Å². The van der Waals surface area contributed by atoms with Crippen molar-refractivity contribution < 1.29 is 23.9 Å². The standard InChI is InChI=1S/C14H13ClN2O5/c1-3-16-12(19)13(20)17(14(16)21)7-10(18)8-4-5-11(22-2)9(15)6-8/h4-6H,3,7H2,1-2H3. The highest BCUT2D eigenvalue weighted by Gasteiger charge is 2.44. The lowest BCUT2D eigenvalue weighted by Crippen LogP contribution is -2.37. The van der Waals surface area contributed by atoms with Gasteiger partial charge in [-0.2, -0.15) is 0 Å². The Bertz CT molecular complexity index is 673. The van der Waals surface area contributed by atoms with Crippen molar-refractivity contribution in [1.82, 2.24) is 9.80 Å². The van der Waals surface area contributed by atoms with E-state index in [1.54, 1.807) is 6.92 Å². The van der Waals surface area contributed by atoms with Crippen LogP contribution in [0.4, 0.5) is 4.79 Å². The van der Waals surface area contributed by atoms with Gasteiger partial charge in [0.2, 0.25) is 0 Å². The number of benzene rings is 1. The number of carbonyl (C=O) groups is 4. The van der Waals surface area contributed by atoms with Crippen molar-refractivity contribution in [3.8, 4) is 5.75 Å². The van der Waals surface area contributed by atoms with Crippen molar-refractivity contribution in [3.63, 3.8) is 0 Å². The van der Waals surface area contributed by atoms with Crippen molar-refractivity contribution in [1.29, 1.82) is 0 Å². The largest absolute Gasteiger partial charge is 0.495 e. The predicted molar refractivity (Wildman–Crippen MR) is 76.8 cm³/mol. The Morgan fingerprint density at radius 1 is 1.18 bits per heavy atom. The first kappa shape index (κ1) is 16.0. The lowest BCUT2D eigenvalue weighted by molar-refractivity contribution is -0.143. The average molecular weight is 325 g/mol. The Kier molecular flexibility index (Phi) is 4.46. The van der Waals surface area contributed by atoms with Crippen LogP contribution in [-0.4, -0.2) is 53.6 Å². The van der Waals surface area contributed by atoms with Gasteiger partial charge in [0.1, 0.15) is 5.75 Å². The zero-order valence-corrected chi connectivity index (χ0v) is 12.7. The van der Waals surface area contributed by atoms with Gasteiger partial charge < -0.3 is 4.74 Å². The lowest BCUT2D eigenvalue weighted by Gasteiger charge is -2.13. The van der Waals surface area contributed by atoms with Gasteiger partial charge in [0.25, 0.3) is 0 Å². The third-order valence-corrected chi connectivity index (χ3v) is 3.52. The minimum absolute atomic E-state index is 0.0719. The van der Waals surface area contributed by atoms with Crippen LogP contribution in [0.5, 0.6) is 5.75 Å². The molecule has 0 aromatic heterocycles. The first-order valence-electron chi connectivity index (χ1n) is 6.44. The number of likely N-dealkylation sites (N-methyl/N-ethyl adjacent to an activating group) is 1. The number of carbonyl (C=O) groups excluding carboxylic acids is 4. The molecule has 0 aliphatic carbocycles. The second kappa shape index (κ2) is 6.15. The molecule has 1 aliphatic heterocycles. The fourth-order valence-corrected chi connectivity index (χ4v) is 2.30. The topological polar surface area (TPSA) is 84.0 Å². The zero-order valence-electron chi connectivity index (χ0n) is 12.0. The molecule has 116 valence electrons. The minimum Gasteiger partial charge on any atom is -0.495 e. The molecule has 1 aromatic carbocycles. The van der Waals surface area contributed by atoms with Crippen LogP contribution in [0, 0.1) is 0 Å². The molecule has 0 radical (unpaired) electrons. The van der Waals surface area contributed by atoms with Crippen LogP contribution < -0.4 is 4.74 Å². The van der Waals surface area contributed by atoms with Crippen molar-refractivity contribution in [2.45, 2.75) is 6.92 Å². The van der Waals surface area contributed by atoms with Crippen LogP contribution in [0.25, 0.3) is 0 Å². The molecule has 0 N–H and O–H groups in total. The van der Waals surface area contributed by atoms with Gasteiger partial charge >= 0.3 is 17.8 Å². The monoisotopic (exact) mass is 324 g/mol. The maximum absolute atomic E-state index is 12.2. The number of halogens is 1. The van der Waals surface area contributed by atoms with Crippen LogP contribution >= 0.6 is 11.6 Å². The normalized spacial score (nSPS) is 14.8. The number of Topliss-reactive ketones (excluding diaryl/α,β-unsaturated/α-hetero) is 1. The van der Waals surface area contributed by atoms with E-state index in [0.717, 1.165) is 4.90 Å². The minimum atomic E-state index is -1.00. The molecule has 7 nitrogen and oxygen atoms in total. The smallest absolute Gasteiger partial charge is 0.334 e. The number of imide groups is 2. The Labute approximate surface area is 131 Å². The summed E-state index contributed by atoms with van der Waals surface area (Å²) in [6, 6.07) is 3.57. The van der Waals surface area contributed by atoms with Gasteiger partial charge in [-0.3, -0.25) is 19.3 Å². The van der Waals surface area contributed by atoms with Crippen molar-refractivity contribution >= 4 is 35.2 Å². The van der Waals surface area contributed by atoms with E-state index < -0.39 is 30.2 Å². The van der Waals surface area contributed by atoms with Gasteiger partial charge in [0, 0.05) is 12.1 Å². The van der Waals surface area contributed by atoms with Gasteiger partial charge in [-0.25, -0.2) is 9.69 Å². The second-order valence-electron chi connectivity index (χ2n) is 4.50. The molecule has 1 saturated heterocycles. The Balaban J connectivity index is 2.19. The molecule has 8 heteroatoms. The second-order valence-corrected chi connectivity index (χ2v) is 4.90. The number of ketones is 1. The highest BCUT2D eigenvalue weighted by atomic mass is 35.5. The highest BCUT2D eigenvalue weighted by Crippen LogP contribution is 2.25. The first-order valence-corrected chi connectivity index (χ1v) is 6.82. The summed E-state index contributed by atoms with van der Waals surface area (Å²) < 4.78 is 4.98. The van der Waals surface area contributed by atoms with Crippen LogP contribution in [0.2, 0.25) is 5.02 Å². The summed E-state index contributed by atoms with van der Waals surface area (Å²) in [6.07, 6.45) is 0. The van der Waals surface area contributed by atoms with Crippen LogP contribution in [0.15, 0.2) is 18.2 Å². The van der Waals surface area contributed by atoms with Crippen molar-refractivity contribution in [2.75, 3.05) is 20.2 Å². The molecule has 1 heterocycles. The number of rotatable bonds is 5. The molecule has 0 spiro atoms. The first-order chi connectivity index (χ1) is 10.4. The number of methoxy groups -OCH3 is 1. The van der Waals surface area contributed by atoms with E-state index in [0.29, 0.717) is 10.6 Å². The van der Waals surface area contributed by atoms with E-state index in [9.17, 15) is 19.2 Å². The third-order valence-electron chi connectivity index (χ3n) is 3.23. The molecule has 2 rings (SSSR count). The summed E-state index contributed by atoms with van der Waals surface area (Å²) in [5.74, 6) is -2.02. The van der Waals surface area contributed by atoms with E-state index in [1.165, 1.54) is 25.3 Å². The van der Waals surface area contributed by atoms with E-state index in [4.69, 9.17) is 16.3 Å². The highest BCUT2D eigenvalue weighted by molar-refractivity contribution is 6.45. The summed E-state index contributed by atoms with van der Waals surface area (Å²) in [7, 11) is 1.44. The van der Waals surface area contributed by atoms with E-state index in [2.05, 4.69) is 0 Å². The number of urea groups is 1. The molecule has 22 heavy (non-hydrogen) atoms. The van der Waals surface area contributed by atoms with Gasteiger partial charge in [-0.15, -0.1) is 0 Å². The molecular formula is C14H13ClN2O5. The van der Waals surface area contributed by atoms with Crippen molar-refractivity contribution in [3.05, 3.63) is 28.8 Å². The number of hydrogen-bond acceptors (Lipinski definition) is 5. The maximum Gasteiger partial charge on any atom is 0.334 e. The quantitative estimate of drug-likeness (QED) is 0.463. The van der Waals surface area contributed by atoms with Gasteiger partial charge in [-0.05, 0) is 25.1 Å². The Morgan fingerprint density at radius 3 is 2.32 bits per heavy atom. The molecule has 1 aliphatic rings. The molecule has 0 unspecified atom stereocenters. The van der Waals surface area contributed by atoms with Crippen LogP contribution in [0.1, 0.15) is 17.3 Å². The summed E-state index contributed by atoms with van der Waals surface area (Å²) in [5.41, 5.74) is 0.216. The molecule has 1 aromatic rings. The SMILES string of the molecule is CCN1C(=O)C(=O)N(CC(=O)c2ccc(OC)c(Cl)c2)C1=O. The van der Waals surface area contributed by atoms with Crippen molar-refractivity contribution in [2.24, 2.45) is 0 Å². The zero-order chi connectivity index (χ0) is 16.4. The van der Waals surface area contributed by atoms with Gasteiger partial charge in [0.05, 0.1) is 18.7 Å². The maximum atomic E-state index is 12.2. The molecule has 0 atom stereocenters. The Morgan fingerprint density at radius 2 is 1.82 bits per heavy atom. The fraction of sp³-hybridized carbons (Fsp3) is 0.286. The predicted octanol–water partition coefficient (Wildman–Crippen LogP) is 1.34. The van der Waals surface area contributed by atoms with E-state index in [1.807, 2.05) is 0 Å². The number of amides is 4. The van der Waals surface area contributed by atoms with E-state index in [-0.39, 0.29) is 17.1 Å². The number of hydrogen-bond donors (Lipinski definition) is 0.